The summed E-state index contributed by atoms with van der Waals surface area (Å²) in [5.41, 5.74) is 3.58. The second-order valence-corrected chi connectivity index (χ2v) is 8.37. The fraction of sp³-hybridized carbons (Fsp3) is 0.143. The largest absolute Gasteiger partial charge is 1.00 e. The van der Waals surface area contributed by atoms with E-state index in [0.717, 1.165) is 16.3 Å². The minimum Gasteiger partial charge on any atom is -0.744 e. The van der Waals surface area contributed by atoms with E-state index in [9.17, 15) is 21.4 Å². The number of hydrogen-bond donors (Lipinski definition) is 1. The Hall–Kier alpha value is -1.21. The van der Waals surface area contributed by atoms with Gasteiger partial charge in [-0.25, -0.2) is 8.42 Å². The van der Waals surface area contributed by atoms with E-state index in [4.69, 9.17) is 0 Å². The first-order chi connectivity index (χ1) is 11.8. The van der Waals surface area contributed by atoms with E-state index in [0.29, 0.717) is 4.80 Å². The molecular formula is C14H12N3NaO5S3. The maximum absolute atomic E-state index is 11.4. The van der Waals surface area contributed by atoms with Crippen molar-refractivity contribution in [1.29, 1.82) is 0 Å². The molecule has 0 bridgehead atoms. The van der Waals surface area contributed by atoms with Gasteiger partial charge < -0.3 is 9.12 Å². The Morgan fingerprint density at radius 2 is 2.00 bits per heavy atom. The van der Waals surface area contributed by atoms with Crippen molar-refractivity contribution in [3.8, 4) is 0 Å². The maximum Gasteiger partial charge on any atom is 1.00 e. The van der Waals surface area contributed by atoms with Gasteiger partial charge in [0, 0.05) is 7.05 Å². The number of para-hydroxylation sites is 1. The minimum absolute atomic E-state index is 0. The van der Waals surface area contributed by atoms with Crippen molar-refractivity contribution in [3.63, 3.8) is 0 Å². The molecule has 1 aliphatic rings. The average molecular weight is 421 g/mol. The van der Waals surface area contributed by atoms with Gasteiger partial charge in [-0.05, 0) is 18.2 Å². The first kappa shape index (κ1) is 21.1. The third kappa shape index (κ3) is 4.19. The number of thiazole rings is 1. The first-order valence-electron chi connectivity index (χ1n) is 6.93. The van der Waals surface area contributed by atoms with Crippen LogP contribution in [0, 0.1) is 0 Å². The fourth-order valence-electron chi connectivity index (χ4n) is 2.38. The summed E-state index contributed by atoms with van der Waals surface area (Å²) in [7, 11) is -6.01. The van der Waals surface area contributed by atoms with Gasteiger partial charge in [-0.1, -0.05) is 35.6 Å². The number of nitrogens with one attached hydrogen (secondary N) is 1. The molecule has 2 aromatic rings. The van der Waals surface area contributed by atoms with E-state index in [-0.39, 0.29) is 29.6 Å². The summed E-state index contributed by atoms with van der Waals surface area (Å²) in [6.07, 6.45) is 3.68. The van der Waals surface area contributed by atoms with Gasteiger partial charge in [-0.2, -0.15) is 8.42 Å². The molecule has 1 atom stereocenters. The molecule has 1 heterocycles. The molecule has 0 saturated carbocycles. The normalized spacial score (nSPS) is 17.8. The predicted molar refractivity (Wildman–Crippen MR) is 94.1 cm³/mol. The van der Waals surface area contributed by atoms with Gasteiger partial charge in [-0.3, -0.25) is 5.43 Å². The summed E-state index contributed by atoms with van der Waals surface area (Å²) in [5.74, 6) is 0. The molecule has 3 rings (SSSR count). The van der Waals surface area contributed by atoms with Gasteiger partial charge in [0.15, 0.2) is 0 Å². The number of aryl methyl sites for hydroxylation is 1. The molecule has 0 spiro atoms. The van der Waals surface area contributed by atoms with Crippen LogP contribution in [0.25, 0.3) is 10.2 Å². The van der Waals surface area contributed by atoms with E-state index in [1.807, 2.05) is 28.8 Å². The number of rotatable bonds is 3. The van der Waals surface area contributed by atoms with Gasteiger partial charge >= 0.3 is 29.6 Å². The van der Waals surface area contributed by atoms with Crippen molar-refractivity contribution in [2.24, 2.45) is 12.1 Å². The summed E-state index contributed by atoms with van der Waals surface area (Å²) >= 11 is 1.38. The van der Waals surface area contributed by atoms with Crippen molar-refractivity contribution in [2.45, 2.75) is 6.04 Å². The molecule has 1 aromatic heterocycles. The molecular weight excluding hydrogens is 409 g/mol. The predicted octanol–water partition coefficient (Wildman–Crippen LogP) is -2.93. The second-order valence-electron chi connectivity index (χ2n) is 5.10. The van der Waals surface area contributed by atoms with E-state index in [1.54, 1.807) is 7.05 Å². The molecule has 12 heteroatoms. The third-order valence-electron chi connectivity index (χ3n) is 3.54. The van der Waals surface area contributed by atoms with E-state index in [2.05, 4.69) is 10.5 Å². The molecule has 132 valence electrons. The summed E-state index contributed by atoms with van der Waals surface area (Å²) in [6.45, 7) is 0. The summed E-state index contributed by atoms with van der Waals surface area (Å²) in [4.78, 5) is -0.770. The second kappa shape index (κ2) is 8.21. The SMILES string of the molecule is Cn1c(=NNC2C=CC=C(S(=O)(=O)[O-])C2=S(=O)=O)sc2ccccc21.[Na+]. The van der Waals surface area contributed by atoms with Crippen LogP contribution in [0.3, 0.4) is 0 Å². The van der Waals surface area contributed by atoms with E-state index in [1.165, 1.54) is 23.5 Å². The zero-order chi connectivity index (χ0) is 18.2. The molecule has 1 unspecified atom stereocenters. The van der Waals surface area contributed by atoms with Crippen LogP contribution >= 0.6 is 11.3 Å². The van der Waals surface area contributed by atoms with Crippen LogP contribution in [0.2, 0.25) is 0 Å². The number of benzene rings is 1. The van der Waals surface area contributed by atoms with Gasteiger partial charge in [0.25, 0.3) is 0 Å². The molecule has 8 nitrogen and oxygen atoms in total. The molecule has 1 aromatic carbocycles. The number of aromatic nitrogens is 1. The Morgan fingerprint density at radius 3 is 2.62 bits per heavy atom. The zero-order valence-electron chi connectivity index (χ0n) is 13.8. The average Bonchev–Trinajstić information content (AvgIpc) is 2.88. The molecule has 0 radical (unpaired) electrons. The minimum atomic E-state index is -4.92. The van der Waals surface area contributed by atoms with Crippen LogP contribution in [0.1, 0.15) is 0 Å². The van der Waals surface area contributed by atoms with Gasteiger partial charge in [-0.15, -0.1) is 5.10 Å². The van der Waals surface area contributed by atoms with Crippen LogP contribution in [0.4, 0.5) is 0 Å². The molecule has 26 heavy (non-hydrogen) atoms. The van der Waals surface area contributed by atoms with E-state index >= 15 is 0 Å². The Balaban J connectivity index is 0.00000243. The molecule has 0 fully saturated rings. The van der Waals surface area contributed by atoms with Crippen molar-refractivity contribution in [1.82, 2.24) is 9.99 Å². The first-order valence-corrected chi connectivity index (χ1v) is 10.2. The van der Waals surface area contributed by atoms with Crippen molar-refractivity contribution >= 4 is 46.8 Å². The van der Waals surface area contributed by atoms with Crippen LogP contribution in [-0.2, 0) is 27.5 Å². The topological polar surface area (TPSA) is 121 Å². The number of hydrogen-bond acceptors (Lipinski definition) is 8. The number of nitrogens with zero attached hydrogens (tertiary/aromatic N) is 2. The monoisotopic (exact) mass is 421 g/mol. The Morgan fingerprint density at radius 1 is 1.31 bits per heavy atom. The van der Waals surface area contributed by atoms with Crippen molar-refractivity contribution in [3.05, 3.63) is 52.2 Å². The number of allylic oxidation sites excluding steroid dienone is 2. The Bertz CT molecular complexity index is 1210. The van der Waals surface area contributed by atoms with E-state index < -0.39 is 36.2 Å². The Kier molecular flexibility index (Phi) is 6.66. The van der Waals surface area contributed by atoms with Gasteiger partial charge in [0.2, 0.25) is 15.1 Å². The van der Waals surface area contributed by atoms with Crippen molar-refractivity contribution in [2.75, 3.05) is 0 Å². The van der Waals surface area contributed by atoms with Crippen LogP contribution in [0.5, 0.6) is 0 Å². The smallest absolute Gasteiger partial charge is 0.744 e. The molecule has 0 saturated heterocycles. The van der Waals surface area contributed by atoms with Gasteiger partial charge in [0.1, 0.15) is 21.0 Å². The molecule has 0 aliphatic heterocycles. The van der Waals surface area contributed by atoms with Crippen LogP contribution in [-0.4, -0.2) is 36.9 Å². The van der Waals surface area contributed by atoms with Crippen LogP contribution < -0.4 is 39.8 Å². The molecule has 0 amide bonds. The third-order valence-corrected chi connectivity index (χ3v) is 6.51. The molecule has 1 aliphatic carbocycles. The zero-order valence-corrected chi connectivity index (χ0v) is 18.2. The number of fused-ring (bicyclic) bond motifs is 1. The van der Waals surface area contributed by atoms with Crippen LogP contribution in [0.15, 0.2) is 52.5 Å². The quantitative estimate of drug-likeness (QED) is 0.245. The van der Waals surface area contributed by atoms with Crippen molar-refractivity contribution < 1.29 is 50.9 Å². The summed E-state index contributed by atoms with van der Waals surface area (Å²) in [5, 5.41) is 4.18. The maximum atomic E-state index is 11.4. The Labute approximate surface area is 177 Å². The standard InChI is InChI=1S/C14H13N3O5S3.Na/c1-17-10-6-2-3-7-11(10)23-14(17)16-15-9-5-4-8-12(25(20,21)22)13(9)24(18)19;/h2-9,15H,1H3,(H,20,21,22);/q;+1/p-1. The summed E-state index contributed by atoms with van der Waals surface area (Å²) < 4.78 is 59.5. The molecule has 1 N–H and O–H groups in total. The van der Waals surface area contributed by atoms with Gasteiger partial charge in [0.05, 0.1) is 15.1 Å². The fourth-order valence-corrected chi connectivity index (χ4v) is 5.07. The summed E-state index contributed by atoms with van der Waals surface area (Å²) in [6, 6.07) is 6.57.